The van der Waals surface area contributed by atoms with Crippen LogP contribution < -0.4 is 0 Å². The molecule has 1 fully saturated rings. The first-order chi connectivity index (χ1) is 8.76. The van der Waals surface area contributed by atoms with E-state index in [1.54, 1.807) is 17.0 Å². The molecule has 1 amide bonds. The maximum atomic E-state index is 12.3. The minimum absolute atomic E-state index is 0.0883. The zero-order valence-electron chi connectivity index (χ0n) is 10.3. The summed E-state index contributed by atoms with van der Waals surface area (Å²) >= 11 is 0. The van der Waals surface area contributed by atoms with Crippen molar-refractivity contribution < 1.29 is 9.53 Å². The molecule has 1 atom stereocenters. The van der Waals surface area contributed by atoms with Crippen LogP contribution >= 0.6 is 0 Å². The molecular formula is C13H15N3O2. The Morgan fingerprint density at radius 1 is 1.67 bits per heavy atom. The molecule has 18 heavy (non-hydrogen) atoms. The van der Waals surface area contributed by atoms with Gasteiger partial charge in [0.25, 0.3) is 5.91 Å². The van der Waals surface area contributed by atoms with Crippen LogP contribution in [0, 0.1) is 11.3 Å². The summed E-state index contributed by atoms with van der Waals surface area (Å²) in [7, 11) is 0. The molecular weight excluding hydrogens is 230 g/mol. The smallest absolute Gasteiger partial charge is 0.272 e. The lowest BCUT2D eigenvalue weighted by Gasteiger charge is -2.34. The van der Waals surface area contributed by atoms with Crippen molar-refractivity contribution in [3.63, 3.8) is 0 Å². The van der Waals surface area contributed by atoms with Crippen LogP contribution in [0.1, 0.15) is 29.4 Å². The molecule has 2 rings (SSSR count). The summed E-state index contributed by atoms with van der Waals surface area (Å²) in [4.78, 5) is 18.1. The second-order valence-electron chi connectivity index (χ2n) is 4.18. The maximum Gasteiger partial charge on any atom is 0.272 e. The minimum atomic E-state index is -0.0883. The van der Waals surface area contributed by atoms with E-state index in [1.807, 2.05) is 13.0 Å². The number of hydrogen-bond acceptors (Lipinski definition) is 4. The van der Waals surface area contributed by atoms with Crippen LogP contribution in [-0.2, 0) is 4.74 Å². The Hall–Kier alpha value is -1.93. The molecule has 0 N–H and O–H groups in total. The first kappa shape index (κ1) is 12.5. The number of carbonyl (C=O) groups is 1. The second-order valence-corrected chi connectivity index (χ2v) is 4.18. The van der Waals surface area contributed by atoms with E-state index in [1.165, 1.54) is 6.20 Å². The number of morpholine rings is 1. The molecule has 2 heterocycles. The van der Waals surface area contributed by atoms with Gasteiger partial charge in [0.05, 0.1) is 24.8 Å². The third-order valence-corrected chi connectivity index (χ3v) is 3.07. The van der Waals surface area contributed by atoms with Crippen molar-refractivity contribution in [1.29, 1.82) is 5.26 Å². The molecule has 0 saturated carbocycles. The normalized spacial score (nSPS) is 19.3. The monoisotopic (exact) mass is 245 g/mol. The molecule has 5 heteroatoms. The minimum Gasteiger partial charge on any atom is -0.377 e. The van der Waals surface area contributed by atoms with E-state index < -0.39 is 0 Å². The van der Waals surface area contributed by atoms with Gasteiger partial charge in [-0.05, 0) is 18.6 Å². The quantitative estimate of drug-likeness (QED) is 0.785. The molecule has 0 bridgehead atoms. The topological polar surface area (TPSA) is 66.2 Å². The predicted octanol–water partition coefficient (Wildman–Crippen LogP) is 1.20. The largest absolute Gasteiger partial charge is 0.377 e. The highest BCUT2D eigenvalue weighted by Gasteiger charge is 2.27. The second kappa shape index (κ2) is 5.61. The summed E-state index contributed by atoms with van der Waals surface area (Å²) in [5.41, 5.74) is 0.843. The van der Waals surface area contributed by atoms with Crippen LogP contribution in [0.2, 0.25) is 0 Å². The maximum absolute atomic E-state index is 12.3. The van der Waals surface area contributed by atoms with E-state index in [0.717, 1.165) is 6.42 Å². The number of aromatic nitrogens is 1. The average Bonchev–Trinajstić information content (AvgIpc) is 2.46. The lowest BCUT2D eigenvalue weighted by molar-refractivity contribution is -0.00310. The fourth-order valence-corrected chi connectivity index (χ4v) is 1.99. The van der Waals surface area contributed by atoms with Gasteiger partial charge in [-0.1, -0.05) is 6.92 Å². The van der Waals surface area contributed by atoms with Crippen molar-refractivity contribution in [3.8, 4) is 6.07 Å². The van der Waals surface area contributed by atoms with Crippen LogP contribution in [0.15, 0.2) is 18.3 Å². The van der Waals surface area contributed by atoms with Crippen LogP contribution in [0.4, 0.5) is 0 Å². The van der Waals surface area contributed by atoms with E-state index in [-0.39, 0.29) is 11.9 Å². The van der Waals surface area contributed by atoms with Gasteiger partial charge in [0.15, 0.2) is 0 Å². The number of hydrogen-bond donors (Lipinski definition) is 0. The molecule has 5 nitrogen and oxygen atoms in total. The van der Waals surface area contributed by atoms with Crippen molar-refractivity contribution in [2.24, 2.45) is 0 Å². The SMILES string of the molecule is CCC1COCCN1C(=O)c1ccc(C#N)cn1. The Kier molecular flexibility index (Phi) is 3.90. The highest BCUT2D eigenvalue weighted by atomic mass is 16.5. The number of pyridine rings is 1. The lowest BCUT2D eigenvalue weighted by atomic mass is 10.1. The molecule has 1 aliphatic heterocycles. The molecule has 0 aromatic carbocycles. The van der Waals surface area contributed by atoms with Crippen molar-refractivity contribution >= 4 is 5.91 Å². The van der Waals surface area contributed by atoms with Gasteiger partial charge in [-0.3, -0.25) is 4.79 Å². The standard InChI is InChI=1S/C13H15N3O2/c1-2-11-9-18-6-5-16(11)13(17)12-4-3-10(7-14)8-15-12/h3-4,8,11H,2,5-6,9H2,1H3. The highest BCUT2D eigenvalue weighted by Crippen LogP contribution is 2.13. The molecule has 1 unspecified atom stereocenters. The molecule has 94 valence electrons. The first-order valence-corrected chi connectivity index (χ1v) is 6.01. The zero-order valence-corrected chi connectivity index (χ0v) is 10.3. The number of ether oxygens (including phenoxy) is 1. The van der Waals surface area contributed by atoms with Crippen LogP contribution in [0.25, 0.3) is 0 Å². The molecule has 0 spiro atoms. The Morgan fingerprint density at radius 3 is 3.11 bits per heavy atom. The van der Waals surface area contributed by atoms with Crippen molar-refractivity contribution in [3.05, 3.63) is 29.6 Å². The molecule has 1 aliphatic rings. The molecule has 1 aromatic rings. The fraction of sp³-hybridized carbons (Fsp3) is 0.462. The molecule has 1 aromatic heterocycles. The van der Waals surface area contributed by atoms with Crippen LogP contribution in [0.5, 0.6) is 0 Å². The van der Waals surface area contributed by atoms with E-state index >= 15 is 0 Å². The summed E-state index contributed by atoms with van der Waals surface area (Å²) in [5, 5.41) is 8.69. The predicted molar refractivity (Wildman–Crippen MR) is 64.9 cm³/mol. The summed E-state index contributed by atoms with van der Waals surface area (Å²) < 4.78 is 5.37. The van der Waals surface area contributed by atoms with E-state index in [9.17, 15) is 4.79 Å². The molecule has 1 saturated heterocycles. The first-order valence-electron chi connectivity index (χ1n) is 6.01. The number of rotatable bonds is 2. The molecule has 0 aliphatic carbocycles. The summed E-state index contributed by atoms with van der Waals surface area (Å²) in [5.74, 6) is -0.0883. The number of carbonyl (C=O) groups excluding carboxylic acids is 1. The van der Waals surface area contributed by atoms with Gasteiger partial charge in [-0.15, -0.1) is 0 Å². The van der Waals surface area contributed by atoms with E-state index in [4.69, 9.17) is 10.00 Å². The van der Waals surface area contributed by atoms with Gasteiger partial charge in [-0.2, -0.15) is 5.26 Å². The van der Waals surface area contributed by atoms with Gasteiger partial charge >= 0.3 is 0 Å². The van der Waals surface area contributed by atoms with E-state index in [0.29, 0.717) is 31.0 Å². The Bertz CT molecular complexity index is 464. The number of nitriles is 1. The summed E-state index contributed by atoms with van der Waals surface area (Å²) in [6.07, 6.45) is 2.29. The van der Waals surface area contributed by atoms with Gasteiger partial charge in [0, 0.05) is 12.7 Å². The van der Waals surface area contributed by atoms with Gasteiger partial charge in [0.1, 0.15) is 11.8 Å². The Labute approximate surface area is 106 Å². The van der Waals surface area contributed by atoms with Crippen molar-refractivity contribution in [2.75, 3.05) is 19.8 Å². The van der Waals surface area contributed by atoms with Crippen LogP contribution in [-0.4, -0.2) is 41.6 Å². The highest BCUT2D eigenvalue weighted by molar-refractivity contribution is 5.92. The fourth-order valence-electron chi connectivity index (χ4n) is 1.99. The van der Waals surface area contributed by atoms with Gasteiger partial charge in [0.2, 0.25) is 0 Å². The number of amides is 1. The average molecular weight is 245 g/mol. The lowest BCUT2D eigenvalue weighted by Crippen LogP contribution is -2.48. The molecule has 0 radical (unpaired) electrons. The summed E-state index contributed by atoms with van der Waals surface area (Å²) in [6.45, 7) is 3.78. The van der Waals surface area contributed by atoms with E-state index in [2.05, 4.69) is 4.98 Å². The van der Waals surface area contributed by atoms with Crippen molar-refractivity contribution in [2.45, 2.75) is 19.4 Å². The number of nitrogens with zero attached hydrogens (tertiary/aromatic N) is 3. The zero-order chi connectivity index (χ0) is 13.0. The van der Waals surface area contributed by atoms with Gasteiger partial charge < -0.3 is 9.64 Å². The third-order valence-electron chi connectivity index (χ3n) is 3.07. The Balaban J connectivity index is 2.16. The van der Waals surface area contributed by atoms with Crippen molar-refractivity contribution in [1.82, 2.24) is 9.88 Å². The van der Waals surface area contributed by atoms with Crippen LogP contribution in [0.3, 0.4) is 0 Å². The third kappa shape index (κ3) is 2.49. The Morgan fingerprint density at radius 2 is 2.50 bits per heavy atom. The van der Waals surface area contributed by atoms with Gasteiger partial charge in [-0.25, -0.2) is 4.98 Å². The summed E-state index contributed by atoms with van der Waals surface area (Å²) in [6, 6.07) is 5.31.